The second-order valence-electron chi connectivity index (χ2n) is 14.1. The Balaban J connectivity index is 1.08. The quantitative estimate of drug-likeness (QED) is 0.161. The molecule has 0 unspecified atom stereocenters. The van der Waals surface area contributed by atoms with Gasteiger partial charge in [0.1, 0.15) is 0 Å². The van der Waals surface area contributed by atoms with E-state index >= 15 is 0 Å². The van der Waals surface area contributed by atoms with Gasteiger partial charge in [-0.3, -0.25) is 0 Å². The van der Waals surface area contributed by atoms with Crippen molar-refractivity contribution in [1.82, 2.24) is 0 Å². The number of benzene rings is 10. The molecule has 0 atom stereocenters. The first-order valence-corrected chi connectivity index (χ1v) is 19.3. The highest BCUT2D eigenvalue weighted by molar-refractivity contribution is 7.26. The van der Waals surface area contributed by atoms with Crippen LogP contribution in [-0.2, 0) is 0 Å². The molecule has 0 radical (unpaired) electrons. The molecular formula is C52H33NS. The van der Waals surface area contributed by atoms with Gasteiger partial charge < -0.3 is 4.90 Å². The van der Waals surface area contributed by atoms with Crippen LogP contribution in [0.3, 0.4) is 0 Å². The summed E-state index contributed by atoms with van der Waals surface area (Å²) in [6.45, 7) is 0. The summed E-state index contributed by atoms with van der Waals surface area (Å²) in [6.07, 6.45) is 0. The van der Waals surface area contributed by atoms with Gasteiger partial charge in [0.15, 0.2) is 0 Å². The smallest absolute Gasteiger partial charge is 0.0468 e. The fourth-order valence-corrected chi connectivity index (χ4v) is 9.58. The summed E-state index contributed by atoms with van der Waals surface area (Å²) in [5.41, 5.74) is 8.23. The molecule has 0 aliphatic rings. The third kappa shape index (κ3) is 4.99. The molecule has 0 N–H and O–H groups in total. The van der Waals surface area contributed by atoms with Crippen LogP contribution < -0.4 is 4.90 Å². The Morgan fingerprint density at radius 2 is 0.852 bits per heavy atom. The van der Waals surface area contributed by atoms with Crippen molar-refractivity contribution in [3.63, 3.8) is 0 Å². The molecule has 0 aliphatic heterocycles. The summed E-state index contributed by atoms with van der Waals surface area (Å²) in [5, 5.41) is 12.9. The third-order valence-electron chi connectivity index (χ3n) is 11.0. The number of anilines is 3. The van der Waals surface area contributed by atoms with Crippen molar-refractivity contribution in [2.75, 3.05) is 4.90 Å². The van der Waals surface area contributed by atoms with Crippen LogP contribution in [0.25, 0.3) is 85.5 Å². The predicted octanol–water partition coefficient (Wildman–Crippen LogP) is 15.5. The Labute approximate surface area is 317 Å². The molecule has 11 aromatic rings. The van der Waals surface area contributed by atoms with Crippen molar-refractivity contribution in [3.8, 4) is 22.3 Å². The summed E-state index contributed by atoms with van der Waals surface area (Å²) in [4.78, 5) is 2.40. The SMILES string of the molecule is c1ccc(-c2ccc(N(c3ccc(-c4cc5ccc6ccccc6c5c5ccccc45)cc3)c3ccc4ccc5sc6ccccc6c5c4c3)cc2)cc1. The zero-order valence-electron chi connectivity index (χ0n) is 29.4. The standard InChI is InChI=1S/C52H33NS/c1-2-10-34(11-3-1)35-20-26-40(27-21-35)53(42-30-24-38-25-31-50-52(48(38)33-42)46-16-8-9-17-49(46)54-50)41-28-22-37(23-29-41)47-32-39-19-18-36-12-4-5-13-43(36)51(39)45-15-7-6-14-44(45)47/h1-33H. The number of hydrogen-bond acceptors (Lipinski definition) is 2. The van der Waals surface area contributed by atoms with E-state index in [9.17, 15) is 0 Å². The van der Waals surface area contributed by atoms with E-state index in [1.165, 1.54) is 85.5 Å². The van der Waals surface area contributed by atoms with Crippen LogP contribution in [-0.4, -0.2) is 0 Å². The van der Waals surface area contributed by atoms with E-state index in [1.54, 1.807) is 0 Å². The maximum atomic E-state index is 2.40. The molecule has 0 bridgehead atoms. The molecule has 252 valence electrons. The second kappa shape index (κ2) is 12.4. The molecule has 0 amide bonds. The Hall–Kier alpha value is -6.74. The molecule has 54 heavy (non-hydrogen) atoms. The number of nitrogens with zero attached hydrogens (tertiary/aromatic N) is 1. The second-order valence-corrected chi connectivity index (χ2v) is 15.2. The first-order chi connectivity index (χ1) is 26.8. The van der Waals surface area contributed by atoms with Crippen LogP contribution in [0.15, 0.2) is 200 Å². The highest BCUT2D eigenvalue weighted by atomic mass is 32.1. The Bertz CT molecular complexity index is 3190. The normalized spacial score (nSPS) is 11.7. The summed E-state index contributed by atoms with van der Waals surface area (Å²) in [6, 6.07) is 73.5. The van der Waals surface area contributed by atoms with Gasteiger partial charge in [-0.15, -0.1) is 11.3 Å². The van der Waals surface area contributed by atoms with Crippen LogP contribution in [0.5, 0.6) is 0 Å². The molecule has 2 heteroatoms. The Morgan fingerprint density at radius 3 is 1.65 bits per heavy atom. The van der Waals surface area contributed by atoms with Gasteiger partial charge >= 0.3 is 0 Å². The molecule has 1 heterocycles. The minimum atomic E-state index is 1.11. The number of thiophene rings is 1. The molecule has 1 nitrogen and oxygen atoms in total. The summed E-state index contributed by atoms with van der Waals surface area (Å²) >= 11 is 1.87. The van der Waals surface area contributed by atoms with Crippen LogP contribution in [0.1, 0.15) is 0 Å². The third-order valence-corrected chi connectivity index (χ3v) is 12.2. The van der Waals surface area contributed by atoms with Crippen LogP contribution in [0.4, 0.5) is 17.1 Å². The lowest BCUT2D eigenvalue weighted by Crippen LogP contribution is -2.09. The highest BCUT2D eigenvalue weighted by Gasteiger charge is 2.17. The van der Waals surface area contributed by atoms with Gasteiger partial charge in [-0.05, 0) is 120 Å². The molecule has 1 aromatic heterocycles. The molecule has 0 fully saturated rings. The predicted molar refractivity (Wildman–Crippen MR) is 235 cm³/mol. The van der Waals surface area contributed by atoms with Gasteiger partial charge in [0.25, 0.3) is 0 Å². The summed E-state index contributed by atoms with van der Waals surface area (Å²) in [5.74, 6) is 0. The van der Waals surface area contributed by atoms with Gasteiger partial charge in [0.05, 0.1) is 0 Å². The van der Waals surface area contributed by atoms with E-state index < -0.39 is 0 Å². The van der Waals surface area contributed by atoms with Crippen molar-refractivity contribution >= 4 is 91.7 Å². The lowest BCUT2D eigenvalue weighted by molar-refractivity contribution is 1.29. The minimum Gasteiger partial charge on any atom is -0.310 e. The first kappa shape index (κ1) is 30.8. The van der Waals surface area contributed by atoms with E-state index in [2.05, 4.69) is 205 Å². The van der Waals surface area contributed by atoms with Gasteiger partial charge in [0.2, 0.25) is 0 Å². The zero-order chi connectivity index (χ0) is 35.6. The number of fused-ring (bicyclic) bond motifs is 10. The van der Waals surface area contributed by atoms with Crippen molar-refractivity contribution in [2.24, 2.45) is 0 Å². The summed E-state index contributed by atoms with van der Waals surface area (Å²) in [7, 11) is 0. The van der Waals surface area contributed by atoms with Crippen LogP contribution in [0, 0.1) is 0 Å². The van der Waals surface area contributed by atoms with E-state index in [1.807, 2.05) is 11.3 Å². The average molecular weight is 704 g/mol. The topological polar surface area (TPSA) is 3.24 Å². The monoisotopic (exact) mass is 703 g/mol. The molecule has 0 aliphatic carbocycles. The largest absolute Gasteiger partial charge is 0.310 e. The van der Waals surface area contributed by atoms with Crippen LogP contribution in [0.2, 0.25) is 0 Å². The molecular weight excluding hydrogens is 671 g/mol. The molecule has 11 rings (SSSR count). The minimum absolute atomic E-state index is 1.11. The van der Waals surface area contributed by atoms with Gasteiger partial charge in [-0.25, -0.2) is 0 Å². The van der Waals surface area contributed by atoms with E-state index in [4.69, 9.17) is 0 Å². The Morgan fingerprint density at radius 1 is 0.296 bits per heavy atom. The van der Waals surface area contributed by atoms with Crippen molar-refractivity contribution < 1.29 is 0 Å². The molecule has 0 saturated heterocycles. The van der Waals surface area contributed by atoms with Crippen molar-refractivity contribution in [2.45, 2.75) is 0 Å². The van der Waals surface area contributed by atoms with Gasteiger partial charge in [-0.1, -0.05) is 146 Å². The van der Waals surface area contributed by atoms with Gasteiger partial charge in [0, 0.05) is 37.2 Å². The van der Waals surface area contributed by atoms with E-state index in [0.717, 1.165) is 17.1 Å². The fourth-order valence-electron chi connectivity index (χ4n) is 8.46. The maximum Gasteiger partial charge on any atom is 0.0468 e. The lowest BCUT2D eigenvalue weighted by atomic mass is 9.90. The van der Waals surface area contributed by atoms with E-state index in [0.29, 0.717) is 0 Å². The maximum absolute atomic E-state index is 2.40. The van der Waals surface area contributed by atoms with Gasteiger partial charge in [-0.2, -0.15) is 0 Å². The average Bonchev–Trinajstić information content (AvgIpc) is 3.63. The summed E-state index contributed by atoms with van der Waals surface area (Å²) < 4.78 is 2.64. The lowest BCUT2D eigenvalue weighted by Gasteiger charge is -2.26. The van der Waals surface area contributed by atoms with Crippen LogP contribution >= 0.6 is 11.3 Å². The first-order valence-electron chi connectivity index (χ1n) is 18.5. The van der Waals surface area contributed by atoms with Crippen molar-refractivity contribution in [1.29, 1.82) is 0 Å². The zero-order valence-corrected chi connectivity index (χ0v) is 30.2. The highest BCUT2D eigenvalue weighted by Crippen LogP contribution is 2.44. The number of hydrogen-bond donors (Lipinski definition) is 0. The molecule has 10 aromatic carbocycles. The Kier molecular flexibility index (Phi) is 7.11. The fraction of sp³-hybridized carbons (Fsp3) is 0. The van der Waals surface area contributed by atoms with E-state index in [-0.39, 0.29) is 0 Å². The van der Waals surface area contributed by atoms with Crippen molar-refractivity contribution in [3.05, 3.63) is 200 Å². The number of rotatable bonds is 5. The molecule has 0 saturated carbocycles. The molecule has 0 spiro atoms.